The van der Waals surface area contributed by atoms with Crippen LogP contribution in [0.4, 0.5) is 5.69 Å². The van der Waals surface area contributed by atoms with Gasteiger partial charge in [0.2, 0.25) is 35.4 Å². The van der Waals surface area contributed by atoms with Crippen molar-refractivity contribution >= 4 is 75.7 Å². The minimum absolute atomic E-state index is 0.0584. The fourth-order valence-corrected chi connectivity index (χ4v) is 8.48. The van der Waals surface area contributed by atoms with Crippen molar-refractivity contribution in [2.45, 2.75) is 80.2 Å². The molecule has 0 saturated carbocycles. The van der Waals surface area contributed by atoms with Crippen LogP contribution in [0.3, 0.4) is 0 Å². The Hall–Kier alpha value is -8.28. The van der Waals surface area contributed by atoms with Crippen LogP contribution in [-0.4, -0.2) is 116 Å². The fourth-order valence-electron chi connectivity index (χ4n) is 7.42. The third-order valence-electron chi connectivity index (χ3n) is 11.1. The molecule has 6 atom stereocenters. The number of aromatic nitrogens is 3. The molecule has 24 heteroatoms. The van der Waals surface area contributed by atoms with E-state index in [1.807, 2.05) is 18.2 Å². The molecule has 23 nitrogen and oxygen atoms in total. The van der Waals surface area contributed by atoms with Gasteiger partial charge in [0.1, 0.15) is 36.3 Å². The second-order valence-electron chi connectivity index (χ2n) is 16.1. The molecule has 2 aromatic heterocycles. The summed E-state index contributed by atoms with van der Waals surface area (Å²) in [6, 6.07) is 11.1. The van der Waals surface area contributed by atoms with Crippen LogP contribution >= 0.6 is 11.8 Å². The van der Waals surface area contributed by atoms with E-state index in [1.54, 1.807) is 42.6 Å². The van der Waals surface area contributed by atoms with Crippen LogP contribution in [0.1, 0.15) is 46.9 Å². The Morgan fingerprint density at radius 1 is 0.768 bits per heavy atom. The lowest BCUT2D eigenvalue weighted by atomic mass is 10.0. The third-order valence-corrected chi connectivity index (χ3v) is 12.2. The number of nitrogens with one attached hydrogen (secondary N) is 8. The minimum Gasteiger partial charge on any atom is -0.370 e. The van der Waals surface area contributed by atoms with Crippen LogP contribution in [0, 0.1) is 10.1 Å². The zero-order valence-electron chi connectivity index (χ0n) is 37.2. The Morgan fingerprint density at radius 3 is 2.10 bits per heavy atom. The zero-order chi connectivity index (χ0) is 49.6. The number of para-hydroxylation sites is 1. The van der Waals surface area contributed by atoms with Crippen LogP contribution in [0.2, 0.25) is 0 Å². The van der Waals surface area contributed by atoms with Crippen molar-refractivity contribution in [1.82, 2.24) is 46.9 Å². The number of rotatable bonds is 12. The largest absolute Gasteiger partial charge is 0.370 e. The topological polar surface area (TPSA) is 370 Å². The van der Waals surface area contributed by atoms with Crippen molar-refractivity contribution < 1.29 is 38.5 Å². The summed E-state index contributed by atoms with van der Waals surface area (Å²) in [4.78, 5) is 124. The molecule has 3 aromatic carbocycles. The third kappa shape index (κ3) is 13.9. The Balaban J connectivity index is 1.42. The fraction of sp³-hybridized carbons (Fsp3) is 0.311. The van der Waals surface area contributed by atoms with Gasteiger partial charge in [-0.3, -0.25) is 48.7 Å². The average molecular weight is 965 g/mol. The number of aromatic amines is 2. The number of nitro groups is 1. The first-order valence-electron chi connectivity index (χ1n) is 21.7. The van der Waals surface area contributed by atoms with Gasteiger partial charge in [0.25, 0.3) is 11.6 Å². The number of imidazole rings is 1. The molecule has 1 aliphatic heterocycles. The van der Waals surface area contributed by atoms with Gasteiger partial charge in [0, 0.05) is 77.6 Å². The maximum Gasteiger partial charge on any atom is 0.270 e. The Labute approximate surface area is 398 Å². The molecule has 0 saturated heterocycles. The van der Waals surface area contributed by atoms with E-state index in [0.717, 1.165) is 34.8 Å². The minimum atomic E-state index is -1.44. The van der Waals surface area contributed by atoms with Gasteiger partial charge in [-0.2, -0.15) is 0 Å². The second kappa shape index (κ2) is 23.4. The molecule has 0 radical (unpaired) electrons. The Bertz CT molecular complexity index is 2710. The lowest BCUT2D eigenvalue weighted by Crippen LogP contribution is -2.60. The number of primary amides is 1. The summed E-state index contributed by atoms with van der Waals surface area (Å²) >= 11 is 0.861. The molecule has 6 rings (SSSR count). The normalized spacial score (nSPS) is 21.1. The highest BCUT2D eigenvalue weighted by atomic mass is 32.2. The van der Waals surface area contributed by atoms with E-state index >= 15 is 0 Å². The van der Waals surface area contributed by atoms with Crippen LogP contribution in [0.25, 0.3) is 10.9 Å². The molecular weight excluding hydrogens is 913 g/mol. The molecule has 1 aliphatic rings. The first kappa shape index (κ1) is 50.1. The molecule has 69 heavy (non-hydrogen) atoms. The van der Waals surface area contributed by atoms with E-state index in [4.69, 9.17) is 17.2 Å². The molecule has 0 fully saturated rings. The number of hydrogen-bond acceptors (Lipinski definition) is 12. The number of hydrogen-bond donors (Lipinski definition) is 11. The number of guanidine groups is 1. The van der Waals surface area contributed by atoms with Crippen molar-refractivity contribution in [3.05, 3.63) is 124 Å². The predicted molar refractivity (Wildman–Crippen MR) is 254 cm³/mol. The van der Waals surface area contributed by atoms with Gasteiger partial charge in [-0.15, -0.1) is 11.8 Å². The van der Waals surface area contributed by atoms with Crippen LogP contribution in [-0.2, 0) is 48.0 Å². The zero-order valence-corrected chi connectivity index (χ0v) is 38.0. The summed E-state index contributed by atoms with van der Waals surface area (Å²) < 4.78 is 0. The average Bonchev–Trinajstić information content (AvgIpc) is 4.00. The Morgan fingerprint density at radius 2 is 1.42 bits per heavy atom. The lowest BCUT2D eigenvalue weighted by molar-refractivity contribution is -0.384. The van der Waals surface area contributed by atoms with E-state index in [0.29, 0.717) is 16.8 Å². The quantitative estimate of drug-likeness (QED) is 0.0252. The van der Waals surface area contributed by atoms with Gasteiger partial charge < -0.3 is 59.1 Å². The molecule has 0 bridgehead atoms. The molecule has 0 spiro atoms. The molecule has 0 unspecified atom stereocenters. The van der Waals surface area contributed by atoms with Gasteiger partial charge in [0.15, 0.2) is 5.96 Å². The van der Waals surface area contributed by atoms with E-state index in [-0.39, 0.29) is 60.8 Å². The van der Waals surface area contributed by atoms with E-state index < -0.39 is 88.2 Å². The summed E-state index contributed by atoms with van der Waals surface area (Å²) in [5, 5.41) is 28.7. The highest BCUT2D eigenvalue weighted by molar-refractivity contribution is 7.99. The highest BCUT2D eigenvalue weighted by Crippen LogP contribution is 2.28. The van der Waals surface area contributed by atoms with Gasteiger partial charge in [-0.1, -0.05) is 48.5 Å². The first-order chi connectivity index (χ1) is 33.1. The summed E-state index contributed by atoms with van der Waals surface area (Å²) in [5.41, 5.74) is 18.5. The van der Waals surface area contributed by atoms with E-state index in [9.17, 15) is 43.7 Å². The standard InChI is InChI=1S/C45H52N14O9S/c1-24-39(61)58-36(38(46)60)22-69-37-14-13-28(59(67)68)19-30(37)40(62)55-35(18-27-21-49-23-52-27)44(66)56-33(16-25-8-3-2-4-9-25)43(65)54-32(12-7-15-50-45(47)48)41(63)57-34(42(64)53-24)17-26-20-51-31-11-6-5-10-29(26)31/h2-6,8-11,13-14,19-21,23-24,32-36,51H,7,12,15-18,22H2,1H3,(H2,46,60)(H,49,52)(H,53,64)(H,54,65)(H,55,62)(H,56,66)(H,57,63)(H,58,61)(H4,47,48,50)/t24-,32+,33-,34+,35+,36+/m1/s1. The predicted octanol–water partition coefficient (Wildman–Crippen LogP) is -0.286. The van der Waals surface area contributed by atoms with Crippen LogP contribution in [0.15, 0.2) is 101 Å². The summed E-state index contributed by atoms with van der Waals surface area (Å²) in [5.74, 6) is -6.51. The number of nitrogens with two attached hydrogens (primary N) is 3. The summed E-state index contributed by atoms with van der Waals surface area (Å²) in [6.45, 7) is 1.41. The number of nitrogens with zero attached hydrogens (tertiary/aromatic N) is 3. The Kier molecular flexibility index (Phi) is 17.0. The first-order valence-corrected chi connectivity index (χ1v) is 22.7. The van der Waals surface area contributed by atoms with Gasteiger partial charge in [0.05, 0.1) is 16.8 Å². The number of fused-ring (bicyclic) bond motifs is 2. The number of H-pyrrole nitrogens is 2. The lowest BCUT2D eigenvalue weighted by Gasteiger charge is -2.27. The van der Waals surface area contributed by atoms with Crippen molar-refractivity contribution in [3.8, 4) is 0 Å². The number of thioether (sulfide) groups is 1. The second-order valence-corrected chi connectivity index (χ2v) is 17.2. The smallest absolute Gasteiger partial charge is 0.270 e. The van der Waals surface area contributed by atoms with E-state index in [2.05, 4.69) is 51.8 Å². The van der Waals surface area contributed by atoms with Crippen LogP contribution in [0.5, 0.6) is 0 Å². The van der Waals surface area contributed by atoms with Crippen molar-refractivity contribution in [1.29, 1.82) is 0 Å². The summed E-state index contributed by atoms with van der Waals surface area (Å²) in [7, 11) is 0. The highest BCUT2D eigenvalue weighted by Gasteiger charge is 2.34. The molecule has 362 valence electrons. The number of carbonyl (C=O) groups is 7. The number of benzene rings is 3. The van der Waals surface area contributed by atoms with E-state index in [1.165, 1.54) is 25.5 Å². The maximum atomic E-state index is 14.6. The summed E-state index contributed by atoms with van der Waals surface area (Å²) in [6.07, 6.45) is 4.19. The van der Waals surface area contributed by atoms with Crippen molar-refractivity contribution in [3.63, 3.8) is 0 Å². The molecule has 7 amide bonds. The van der Waals surface area contributed by atoms with Gasteiger partial charge in [-0.25, -0.2) is 4.98 Å². The van der Waals surface area contributed by atoms with Crippen molar-refractivity contribution in [2.75, 3.05) is 12.3 Å². The molecule has 5 aromatic rings. The SMILES string of the molecule is C[C@H]1NC(=O)[C@H](Cc2c[nH]c3ccccc23)NC(=O)[C@H](CCCN=C(N)N)NC(=O)[C@@H](Cc2ccccc2)NC(=O)[C@H](Cc2cnc[nH]2)NC(=O)c2cc([N+](=O)[O-])ccc2SC[C@@H](C(N)=O)NC1=O. The number of aliphatic imine (C=N–C) groups is 1. The molecular formula is C45H52N14O9S. The van der Waals surface area contributed by atoms with Crippen molar-refractivity contribution in [2.24, 2.45) is 22.2 Å². The number of amides is 7. The van der Waals surface area contributed by atoms with Gasteiger partial charge >= 0.3 is 0 Å². The molecule has 14 N–H and O–H groups in total. The maximum absolute atomic E-state index is 14.6. The number of carbonyl (C=O) groups excluding carboxylic acids is 7. The monoisotopic (exact) mass is 964 g/mol. The number of nitro benzene ring substituents is 1. The van der Waals surface area contributed by atoms with Crippen LogP contribution < -0.4 is 49.1 Å². The number of non-ortho nitro benzene ring substituents is 1. The molecule has 0 aliphatic carbocycles. The van der Waals surface area contributed by atoms with Gasteiger partial charge in [-0.05, 0) is 43.0 Å². The molecule has 3 heterocycles.